The first kappa shape index (κ1) is 34.9. The predicted octanol–water partition coefficient (Wildman–Crippen LogP) is 8.18. The van der Waals surface area contributed by atoms with Crippen LogP contribution < -0.4 is 19.1 Å². The molecule has 44 heavy (non-hydrogen) atoms. The maximum Gasteiger partial charge on any atom is 0.354 e. The Balaban J connectivity index is 1.81. The largest absolute Gasteiger partial charge is 0.481 e. The molecule has 0 aliphatic heterocycles. The second-order valence-electron chi connectivity index (χ2n) is 11.8. The molecule has 3 aromatic carbocycles. The molecular formula is C35H46NO7P. The molecule has 0 heterocycles. The monoisotopic (exact) mass is 623 g/mol. The summed E-state index contributed by atoms with van der Waals surface area (Å²) >= 11 is 0. The van der Waals surface area contributed by atoms with Crippen molar-refractivity contribution >= 4 is 19.5 Å². The topological polar surface area (TPSA) is 100 Å². The van der Waals surface area contributed by atoms with E-state index in [1.165, 1.54) is 0 Å². The number of carbonyl (C=O) groups is 2. The molecule has 0 spiro atoms. The molecule has 3 rings (SSSR count). The van der Waals surface area contributed by atoms with Gasteiger partial charge in [-0.05, 0) is 112 Å². The van der Waals surface area contributed by atoms with Gasteiger partial charge >= 0.3 is 19.5 Å². The molecule has 0 aliphatic rings. The molecule has 238 valence electrons. The smallest absolute Gasteiger partial charge is 0.354 e. The van der Waals surface area contributed by atoms with Crippen molar-refractivity contribution in [1.29, 1.82) is 0 Å². The molecule has 0 aromatic heterocycles. The number of esters is 2. The Kier molecular flexibility index (Phi) is 12.2. The fourth-order valence-electron chi connectivity index (χ4n) is 4.67. The van der Waals surface area contributed by atoms with Crippen LogP contribution in [0, 0.1) is 20.8 Å². The highest BCUT2D eigenvalue weighted by Crippen LogP contribution is 2.44. The molecule has 0 bridgehead atoms. The molecule has 0 saturated carbocycles. The standard InChI is InChI=1S/C35H46NO7P/c1-10-34(37)42-33-16-13-28(19-31(33)22(2)3)20-32-25(7)17-30(18-26(32)8)40-21-44(39,36-27(9)35(38)41-23(4)5)43-29-14-11-24(6)12-15-29/h11-19,22-23,27H,10,20-21H2,1-9H3,(H,36,39)/t27-,44?/m0/s1. The Labute approximate surface area is 262 Å². The first-order valence-electron chi connectivity index (χ1n) is 15.1. The third-order valence-electron chi connectivity index (χ3n) is 7.03. The summed E-state index contributed by atoms with van der Waals surface area (Å²) in [5, 5.41) is 2.84. The molecule has 1 unspecified atom stereocenters. The summed E-state index contributed by atoms with van der Waals surface area (Å²) < 4.78 is 36.8. The van der Waals surface area contributed by atoms with Crippen molar-refractivity contribution in [2.24, 2.45) is 0 Å². The Morgan fingerprint density at radius 1 is 0.864 bits per heavy atom. The van der Waals surface area contributed by atoms with Gasteiger partial charge in [0.25, 0.3) is 0 Å². The molecule has 3 aromatic rings. The second kappa shape index (κ2) is 15.4. The lowest BCUT2D eigenvalue weighted by Crippen LogP contribution is -2.36. The number of carbonyl (C=O) groups excluding carboxylic acids is 2. The highest BCUT2D eigenvalue weighted by molar-refractivity contribution is 7.57. The Bertz CT molecular complexity index is 1470. The maximum atomic E-state index is 14.0. The van der Waals surface area contributed by atoms with E-state index in [0.29, 0.717) is 30.1 Å². The van der Waals surface area contributed by atoms with Gasteiger partial charge in [-0.25, -0.2) is 5.09 Å². The number of ether oxygens (including phenoxy) is 3. The van der Waals surface area contributed by atoms with E-state index >= 15 is 0 Å². The maximum absolute atomic E-state index is 14.0. The van der Waals surface area contributed by atoms with Crippen molar-refractivity contribution in [1.82, 2.24) is 5.09 Å². The SMILES string of the molecule is CCC(=O)Oc1ccc(Cc2c(C)cc(OCP(=O)(N[C@@H](C)C(=O)OC(C)C)Oc3ccc(C)cc3)cc2C)cc1C(C)C. The van der Waals surface area contributed by atoms with Gasteiger partial charge in [0, 0.05) is 6.42 Å². The summed E-state index contributed by atoms with van der Waals surface area (Å²) in [7, 11) is -3.71. The molecule has 1 N–H and O–H groups in total. The van der Waals surface area contributed by atoms with E-state index in [1.807, 2.05) is 57.2 Å². The molecule has 2 atom stereocenters. The highest BCUT2D eigenvalue weighted by atomic mass is 31.2. The lowest BCUT2D eigenvalue weighted by molar-refractivity contribution is -0.149. The Morgan fingerprint density at radius 3 is 2.07 bits per heavy atom. The minimum Gasteiger partial charge on any atom is -0.481 e. The fraction of sp³-hybridized carbons (Fsp3) is 0.429. The van der Waals surface area contributed by atoms with Crippen LogP contribution in [0.4, 0.5) is 0 Å². The van der Waals surface area contributed by atoms with Crippen molar-refractivity contribution < 1.29 is 32.9 Å². The van der Waals surface area contributed by atoms with Gasteiger partial charge in [0.2, 0.25) is 0 Å². The van der Waals surface area contributed by atoms with Crippen molar-refractivity contribution in [2.75, 3.05) is 6.35 Å². The number of benzene rings is 3. The van der Waals surface area contributed by atoms with Crippen LogP contribution >= 0.6 is 7.52 Å². The zero-order valence-corrected chi connectivity index (χ0v) is 28.2. The van der Waals surface area contributed by atoms with Gasteiger partial charge in [0.1, 0.15) is 23.3 Å². The van der Waals surface area contributed by atoms with Gasteiger partial charge in [0.15, 0.2) is 6.35 Å². The molecule has 8 nitrogen and oxygen atoms in total. The quantitative estimate of drug-likeness (QED) is 0.109. The third kappa shape index (κ3) is 9.96. The zero-order chi connectivity index (χ0) is 32.6. The van der Waals surface area contributed by atoms with Crippen LogP contribution in [0.25, 0.3) is 0 Å². The van der Waals surface area contributed by atoms with Crippen molar-refractivity contribution in [2.45, 2.75) is 93.2 Å². The second-order valence-corrected chi connectivity index (χ2v) is 13.8. The van der Waals surface area contributed by atoms with Gasteiger partial charge in [-0.2, -0.15) is 0 Å². The normalized spacial score (nSPS) is 13.3. The number of rotatable bonds is 14. The van der Waals surface area contributed by atoms with Crippen LogP contribution in [0.15, 0.2) is 54.6 Å². The average molecular weight is 624 g/mol. The van der Waals surface area contributed by atoms with E-state index in [9.17, 15) is 14.2 Å². The summed E-state index contributed by atoms with van der Waals surface area (Å²) in [6.07, 6.45) is 0.400. The van der Waals surface area contributed by atoms with Gasteiger partial charge in [0.05, 0.1) is 6.10 Å². The highest BCUT2D eigenvalue weighted by Gasteiger charge is 2.32. The lowest BCUT2D eigenvalue weighted by atomic mass is 9.93. The molecule has 0 saturated heterocycles. The Morgan fingerprint density at radius 2 is 1.50 bits per heavy atom. The minimum atomic E-state index is -3.71. The fourth-order valence-corrected chi connectivity index (χ4v) is 6.32. The van der Waals surface area contributed by atoms with Crippen LogP contribution in [0.5, 0.6) is 17.2 Å². The van der Waals surface area contributed by atoms with Crippen LogP contribution in [0.2, 0.25) is 0 Å². The predicted molar refractivity (Wildman–Crippen MR) is 174 cm³/mol. The molecule has 0 aliphatic carbocycles. The van der Waals surface area contributed by atoms with Gasteiger partial charge in [-0.15, -0.1) is 0 Å². The number of hydrogen-bond donors (Lipinski definition) is 1. The van der Waals surface area contributed by atoms with Crippen LogP contribution in [0.3, 0.4) is 0 Å². The van der Waals surface area contributed by atoms with Gasteiger partial charge in [-0.3, -0.25) is 14.2 Å². The van der Waals surface area contributed by atoms with E-state index in [-0.39, 0.29) is 24.3 Å². The third-order valence-corrected chi connectivity index (χ3v) is 8.79. The number of hydrogen-bond acceptors (Lipinski definition) is 7. The lowest BCUT2D eigenvalue weighted by Gasteiger charge is -2.24. The molecule has 0 radical (unpaired) electrons. The minimum absolute atomic E-state index is 0.189. The summed E-state index contributed by atoms with van der Waals surface area (Å²) in [6, 6.07) is 16.1. The van der Waals surface area contributed by atoms with Crippen molar-refractivity contribution in [3.63, 3.8) is 0 Å². The van der Waals surface area contributed by atoms with Crippen molar-refractivity contribution in [3.8, 4) is 17.2 Å². The molecule has 0 amide bonds. The number of aryl methyl sites for hydroxylation is 3. The summed E-state index contributed by atoms with van der Waals surface area (Å²) in [5.41, 5.74) is 6.31. The zero-order valence-electron chi connectivity index (χ0n) is 27.4. The van der Waals surface area contributed by atoms with E-state index in [0.717, 1.165) is 33.4 Å². The molecule has 0 fully saturated rings. The van der Waals surface area contributed by atoms with E-state index in [2.05, 4.69) is 25.0 Å². The summed E-state index contributed by atoms with van der Waals surface area (Å²) in [4.78, 5) is 24.4. The Hall–Kier alpha value is -3.61. The van der Waals surface area contributed by atoms with E-state index in [4.69, 9.17) is 18.7 Å². The summed E-state index contributed by atoms with van der Waals surface area (Å²) in [5.74, 6) is 0.954. The van der Waals surface area contributed by atoms with E-state index < -0.39 is 19.5 Å². The number of nitrogens with one attached hydrogen (secondary N) is 1. The first-order chi connectivity index (χ1) is 20.7. The first-order valence-corrected chi connectivity index (χ1v) is 16.9. The van der Waals surface area contributed by atoms with Crippen LogP contribution in [-0.4, -0.2) is 30.4 Å². The van der Waals surface area contributed by atoms with Crippen LogP contribution in [0.1, 0.15) is 87.3 Å². The van der Waals surface area contributed by atoms with Crippen molar-refractivity contribution in [3.05, 3.63) is 88.0 Å². The van der Waals surface area contributed by atoms with E-state index in [1.54, 1.807) is 39.8 Å². The molecular weight excluding hydrogens is 577 g/mol. The molecule has 9 heteroatoms. The van der Waals surface area contributed by atoms with Crippen LogP contribution in [-0.2, 0) is 25.3 Å². The van der Waals surface area contributed by atoms with Gasteiger partial charge < -0.3 is 18.7 Å². The van der Waals surface area contributed by atoms with Gasteiger partial charge in [-0.1, -0.05) is 50.6 Å². The average Bonchev–Trinajstić information content (AvgIpc) is 2.95. The summed E-state index contributed by atoms with van der Waals surface area (Å²) in [6.45, 7) is 17.0.